The molecule has 1 aromatic heterocycles. The Hall–Kier alpha value is -2.85. The number of rotatable bonds is 6. The van der Waals surface area contributed by atoms with E-state index in [0.29, 0.717) is 27.3 Å². The lowest BCUT2D eigenvalue weighted by atomic mass is 10.1. The van der Waals surface area contributed by atoms with Crippen LogP contribution in [-0.2, 0) is 4.79 Å². The summed E-state index contributed by atoms with van der Waals surface area (Å²) in [5.74, 6) is 0.210. The van der Waals surface area contributed by atoms with Crippen molar-refractivity contribution in [2.45, 2.75) is 6.92 Å². The normalized spacial score (nSPS) is 16.8. The summed E-state index contributed by atoms with van der Waals surface area (Å²) in [4.78, 5) is 19.3. The zero-order valence-electron chi connectivity index (χ0n) is 15.5. The van der Waals surface area contributed by atoms with E-state index in [0.717, 1.165) is 5.01 Å². The number of hydrogen-bond acceptors (Lipinski definition) is 9. The van der Waals surface area contributed by atoms with Gasteiger partial charge in [0.2, 0.25) is 10.9 Å². The van der Waals surface area contributed by atoms with E-state index in [1.165, 1.54) is 42.2 Å². The third kappa shape index (κ3) is 4.02. The maximum atomic E-state index is 12.8. The third-order valence-electron chi connectivity index (χ3n) is 3.71. The van der Waals surface area contributed by atoms with E-state index in [2.05, 4.69) is 21.8 Å². The van der Waals surface area contributed by atoms with Crippen LogP contribution in [0.2, 0.25) is 0 Å². The van der Waals surface area contributed by atoms with Crippen molar-refractivity contribution in [2.75, 3.05) is 20.8 Å². The number of thioether (sulfide) groups is 1. The van der Waals surface area contributed by atoms with Crippen molar-refractivity contribution >= 4 is 45.4 Å². The minimum atomic E-state index is -0.198. The Bertz CT molecular complexity index is 959. The Morgan fingerprint density at radius 3 is 2.50 bits per heavy atom. The highest BCUT2D eigenvalue weighted by atomic mass is 32.2. The van der Waals surface area contributed by atoms with Crippen LogP contribution in [0.5, 0.6) is 17.2 Å². The van der Waals surface area contributed by atoms with Gasteiger partial charge in [0.05, 0.1) is 19.1 Å². The lowest BCUT2D eigenvalue weighted by molar-refractivity contribution is -0.121. The monoisotopic (exact) mass is 418 g/mol. The molecule has 2 heterocycles. The van der Waals surface area contributed by atoms with E-state index >= 15 is 0 Å². The Morgan fingerprint density at radius 1 is 1.29 bits per heavy atom. The van der Waals surface area contributed by atoms with Crippen molar-refractivity contribution < 1.29 is 19.4 Å². The summed E-state index contributed by atoms with van der Waals surface area (Å²) in [6.07, 6.45) is 3.33. The second-order valence-corrected chi connectivity index (χ2v) is 7.76. The lowest BCUT2D eigenvalue weighted by Crippen LogP contribution is -2.29. The molecule has 1 N–H and O–H groups in total. The summed E-state index contributed by atoms with van der Waals surface area (Å²) >= 11 is 2.58. The number of aliphatic imine (C=N–C) groups is 1. The number of phenols is 1. The maximum Gasteiger partial charge on any atom is 0.267 e. The Kier molecular flexibility index (Phi) is 6.00. The van der Waals surface area contributed by atoms with Gasteiger partial charge in [-0.25, -0.2) is 0 Å². The molecule has 3 rings (SSSR count). The summed E-state index contributed by atoms with van der Waals surface area (Å²) in [6, 6.07) is 3.25. The van der Waals surface area contributed by atoms with Gasteiger partial charge < -0.3 is 14.6 Å². The first-order valence-electron chi connectivity index (χ1n) is 8.13. The molecular weight excluding hydrogens is 400 g/mol. The Morgan fingerprint density at radius 2 is 1.96 bits per heavy atom. The number of aromatic nitrogens is 2. The van der Waals surface area contributed by atoms with Crippen LogP contribution in [0.4, 0.5) is 5.13 Å². The number of methoxy groups -OCH3 is 2. The Labute approximate surface area is 170 Å². The summed E-state index contributed by atoms with van der Waals surface area (Å²) in [6.45, 7) is 5.87. The van der Waals surface area contributed by atoms with Crippen LogP contribution >= 0.6 is 23.1 Å². The molecule has 28 heavy (non-hydrogen) atoms. The van der Waals surface area contributed by atoms with Crippen molar-refractivity contribution in [3.63, 3.8) is 0 Å². The molecule has 1 amide bonds. The number of amides is 1. The topological polar surface area (TPSA) is 97.1 Å². The molecular formula is C18H18N4O4S2. The number of carbonyl (C=O) groups is 1. The highest BCUT2D eigenvalue weighted by Gasteiger charge is 2.33. The van der Waals surface area contributed by atoms with E-state index in [-0.39, 0.29) is 23.2 Å². The quantitative estimate of drug-likeness (QED) is 0.567. The highest BCUT2D eigenvalue weighted by molar-refractivity contribution is 8.18. The van der Waals surface area contributed by atoms with Crippen LogP contribution in [0, 0.1) is 6.92 Å². The zero-order chi connectivity index (χ0) is 20.3. The van der Waals surface area contributed by atoms with Gasteiger partial charge >= 0.3 is 0 Å². The molecule has 2 aromatic rings. The van der Waals surface area contributed by atoms with Crippen LogP contribution in [0.3, 0.4) is 0 Å². The molecule has 0 atom stereocenters. The molecule has 0 aliphatic carbocycles. The predicted molar refractivity (Wildman–Crippen MR) is 110 cm³/mol. The fourth-order valence-corrected chi connectivity index (χ4v) is 4.05. The molecule has 1 fully saturated rings. The van der Waals surface area contributed by atoms with Crippen LogP contribution in [-0.4, -0.2) is 52.0 Å². The fraction of sp³-hybridized carbons (Fsp3) is 0.222. The minimum Gasteiger partial charge on any atom is -0.502 e. The van der Waals surface area contributed by atoms with Crippen LogP contribution in [0.25, 0.3) is 6.08 Å². The zero-order valence-corrected chi connectivity index (χ0v) is 17.1. The average molecular weight is 419 g/mol. The molecule has 8 nitrogen and oxygen atoms in total. The smallest absolute Gasteiger partial charge is 0.267 e. The number of aryl methyl sites for hydroxylation is 1. The first-order chi connectivity index (χ1) is 13.5. The van der Waals surface area contributed by atoms with Gasteiger partial charge in [-0.2, -0.15) is 4.99 Å². The number of amidine groups is 1. The lowest BCUT2D eigenvalue weighted by Gasteiger charge is -2.11. The third-order valence-corrected chi connectivity index (χ3v) is 5.45. The molecule has 0 spiro atoms. The van der Waals surface area contributed by atoms with Crippen molar-refractivity contribution in [1.82, 2.24) is 15.1 Å². The van der Waals surface area contributed by atoms with E-state index in [4.69, 9.17) is 9.47 Å². The summed E-state index contributed by atoms with van der Waals surface area (Å²) in [7, 11) is 2.89. The molecule has 1 aliphatic rings. The van der Waals surface area contributed by atoms with Crippen LogP contribution < -0.4 is 9.47 Å². The molecule has 1 aromatic carbocycles. The van der Waals surface area contributed by atoms with Crippen LogP contribution in [0.1, 0.15) is 10.6 Å². The number of carbonyl (C=O) groups excluding carboxylic acids is 1. The van der Waals surface area contributed by atoms with Gasteiger partial charge in [0.15, 0.2) is 16.7 Å². The Balaban J connectivity index is 1.99. The first-order valence-corrected chi connectivity index (χ1v) is 9.76. The van der Waals surface area contributed by atoms with Gasteiger partial charge in [0.25, 0.3) is 5.91 Å². The van der Waals surface area contributed by atoms with E-state index < -0.39 is 0 Å². The van der Waals surface area contributed by atoms with Gasteiger partial charge in [-0.05, 0) is 42.5 Å². The number of hydrogen-bond donors (Lipinski definition) is 1. The van der Waals surface area contributed by atoms with Gasteiger partial charge in [-0.3, -0.25) is 9.69 Å². The standard InChI is InChI=1S/C18H18N4O4S2/c1-5-6-22-16(24)14(28-18(22)19-17-21-20-10(2)27-17)9-11-7-12(25-3)15(23)13(8-11)26-4/h5,7-9,23H,1,6H2,2-4H3/b14-9-,19-18+. The largest absolute Gasteiger partial charge is 0.502 e. The molecule has 0 radical (unpaired) electrons. The summed E-state index contributed by atoms with van der Waals surface area (Å²) < 4.78 is 10.3. The van der Waals surface area contributed by atoms with Crippen molar-refractivity contribution in [3.8, 4) is 17.2 Å². The van der Waals surface area contributed by atoms with Crippen molar-refractivity contribution in [1.29, 1.82) is 0 Å². The van der Waals surface area contributed by atoms with Gasteiger partial charge in [-0.15, -0.1) is 16.8 Å². The summed E-state index contributed by atoms with van der Waals surface area (Å²) in [5.41, 5.74) is 0.647. The molecule has 10 heteroatoms. The average Bonchev–Trinajstić information content (AvgIpc) is 3.21. The molecule has 0 bridgehead atoms. The number of phenolic OH excluding ortho intramolecular Hbond substituents is 1. The molecule has 1 aliphatic heterocycles. The number of aromatic hydroxyl groups is 1. The van der Waals surface area contributed by atoms with Crippen LogP contribution in [0.15, 0.2) is 34.7 Å². The molecule has 1 saturated heterocycles. The number of ether oxygens (including phenoxy) is 2. The molecule has 146 valence electrons. The second kappa shape index (κ2) is 8.44. The summed E-state index contributed by atoms with van der Waals surface area (Å²) in [5, 5.41) is 19.8. The predicted octanol–water partition coefficient (Wildman–Crippen LogP) is 3.36. The van der Waals surface area contributed by atoms with Gasteiger partial charge in [0.1, 0.15) is 5.01 Å². The van der Waals surface area contributed by atoms with Gasteiger partial charge in [0, 0.05) is 6.54 Å². The number of nitrogens with zero attached hydrogens (tertiary/aromatic N) is 4. The SMILES string of the molecule is C=CCN1C(=O)/C(=C/c2cc(OC)c(O)c(OC)c2)S/C1=N/c1nnc(C)s1. The highest BCUT2D eigenvalue weighted by Crippen LogP contribution is 2.40. The van der Waals surface area contributed by atoms with E-state index in [1.54, 1.807) is 24.3 Å². The van der Waals surface area contributed by atoms with Crippen molar-refractivity contribution in [3.05, 3.63) is 40.3 Å². The number of benzene rings is 1. The van der Waals surface area contributed by atoms with Crippen molar-refractivity contribution in [2.24, 2.45) is 4.99 Å². The molecule has 0 saturated carbocycles. The maximum absolute atomic E-state index is 12.8. The van der Waals surface area contributed by atoms with E-state index in [9.17, 15) is 9.90 Å². The molecule has 0 unspecified atom stereocenters. The van der Waals surface area contributed by atoms with E-state index in [1.807, 2.05) is 6.92 Å². The second-order valence-electron chi connectivity index (χ2n) is 5.59. The van der Waals surface area contributed by atoms with Gasteiger partial charge in [-0.1, -0.05) is 17.4 Å². The fourth-order valence-electron chi connectivity index (χ4n) is 2.44. The minimum absolute atomic E-state index is 0.0975. The first kappa shape index (κ1) is 19.9.